The van der Waals surface area contributed by atoms with Gasteiger partial charge in [0.1, 0.15) is 5.75 Å². The minimum absolute atomic E-state index is 0.182. The summed E-state index contributed by atoms with van der Waals surface area (Å²) >= 11 is 17.6. The molecule has 7 nitrogen and oxygen atoms in total. The lowest BCUT2D eigenvalue weighted by atomic mass is 10.2. The summed E-state index contributed by atoms with van der Waals surface area (Å²) in [6.45, 7) is 0. The van der Waals surface area contributed by atoms with E-state index < -0.39 is 17.8 Å². The van der Waals surface area contributed by atoms with Crippen molar-refractivity contribution in [3.05, 3.63) is 92.9 Å². The lowest BCUT2D eigenvalue weighted by Gasteiger charge is -2.06. The Labute approximate surface area is 197 Å². The van der Waals surface area contributed by atoms with E-state index in [1.54, 1.807) is 36.4 Å². The van der Waals surface area contributed by atoms with Gasteiger partial charge in [-0.3, -0.25) is 9.59 Å². The first-order valence-corrected chi connectivity index (χ1v) is 10.1. The molecule has 0 aliphatic heterocycles. The van der Waals surface area contributed by atoms with Crippen LogP contribution in [0.5, 0.6) is 5.75 Å². The van der Waals surface area contributed by atoms with Gasteiger partial charge < -0.3 is 10.1 Å². The van der Waals surface area contributed by atoms with Gasteiger partial charge >= 0.3 is 17.8 Å². The van der Waals surface area contributed by atoms with Crippen LogP contribution in [0.25, 0.3) is 0 Å². The molecule has 0 fully saturated rings. The molecule has 3 aromatic rings. The Morgan fingerprint density at radius 3 is 2.12 bits per heavy atom. The summed E-state index contributed by atoms with van der Waals surface area (Å²) in [5, 5.41) is 7.24. The molecule has 0 atom stereocenters. The van der Waals surface area contributed by atoms with Crippen LogP contribution >= 0.6 is 34.8 Å². The normalized spacial score (nSPS) is 10.6. The molecule has 0 aliphatic carbocycles. The number of halogens is 3. The molecule has 3 rings (SSSR count). The zero-order valence-corrected chi connectivity index (χ0v) is 18.4. The standard InChI is InChI=1S/C22H14Cl3N3O4/c23-14-3-6-16(7-4-14)27-20(29)21(30)28-26-12-13-1-8-17(9-2-13)32-22(31)18-10-5-15(24)11-19(18)25/h1-12H,(H,27,29)(H,28,30)/b26-12-. The molecule has 2 N–H and O–H groups in total. The van der Waals surface area contributed by atoms with Crippen molar-refractivity contribution in [1.82, 2.24) is 5.43 Å². The van der Waals surface area contributed by atoms with E-state index in [0.29, 0.717) is 21.3 Å². The molecule has 0 aliphatic rings. The van der Waals surface area contributed by atoms with Crippen molar-refractivity contribution in [3.63, 3.8) is 0 Å². The van der Waals surface area contributed by atoms with E-state index >= 15 is 0 Å². The van der Waals surface area contributed by atoms with Crippen LogP contribution in [0.1, 0.15) is 15.9 Å². The molecule has 162 valence electrons. The summed E-state index contributed by atoms with van der Waals surface area (Å²) in [6.07, 6.45) is 1.33. The Hall–Kier alpha value is -3.39. The largest absolute Gasteiger partial charge is 0.423 e. The average molecular weight is 491 g/mol. The fourth-order valence-electron chi connectivity index (χ4n) is 2.38. The Bertz CT molecular complexity index is 1180. The van der Waals surface area contributed by atoms with E-state index in [-0.39, 0.29) is 16.3 Å². The van der Waals surface area contributed by atoms with E-state index in [0.717, 1.165) is 0 Å². The van der Waals surface area contributed by atoms with Crippen molar-refractivity contribution in [2.75, 3.05) is 5.32 Å². The Morgan fingerprint density at radius 2 is 1.47 bits per heavy atom. The number of benzene rings is 3. The van der Waals surface area contributed by atoms with Crippen LogP contribution in [0, 0.1) is 0 Å². The lowest BCUT2D eigenvalue weighted by molar-refractivity contribution is -0.136. The summed E-state index contributed by atoms with van der Waals surface area (Å²) < 4.78 is 5.27. The zero-order valence-electron chi connectivity index (χ0n) is 16.1. The highest BCUT2D eigenvalue weighted by Crippen LogP contribution is 2.23. The van der Waals surface area contributed by atoms with E-state index in [9.17, 15) is 14.4 Å². The molecule has 0 radical (unpaired) electrons. The van der Waals surface area contributed by atoms with Gasteiger partial charge in [0.2, 0.25) is 0 Å². The number of hydrogen-bond acceptors (Lipinski definition) is 5. The second kappa shape index (κ2) is 10.8. The summed E-state index contributed by atoms with van der Waals surface area (Å²) in [7, 11) is 0. The summed E-state index contributed by atoms with van der Waals surface area (Å²) in [5.74, 6) is -2.18. The third-order valence-electron chi connectivity index (χ3n) is 3.93. The molecule has 0 unspecified atom stereocenters. The second-order valence-electron chi connectivity index (χ2n) is 6.24. The number of carbonyl (C=O) groups is 3. The highest BCUT2D eigenvalue weighted by atomic mass is 35.5. The number of nitrogens with zero attached hydrogens (tertiary/aromatic N) is 1. The number of anilines is 1. The quantitative estimate of drug-likeness (QED) is 0.174. The van der Waals surface area contributed by atoms with Gasteiger partial charge in [0.25, 0.3) is 0 Å². The molecule has 2 amide bonds. The van der Waals surface area contributed by atoms with Gasteiger partial charge in [-0.25, -0.2) is 10.2 Å². The van der Waals surface area contributed by atoms with Crippen molar-refractivity contribution in [1.29, 1.82) is 0 Å². The fourth-order valence-corrected chi connectivity index (χ4v) is 2.99. The van der Waals surface area contributed by atoms with Crippen LogP contribution in [0.3, 0.4) is 0 Å². The third kappa shape index (κ3) is 6.55. The minimum Gasteiger partial charge on any atom is -0.423 e. The first kappa shape index (κ1) is 23.3. The second-order valence-corrected chi connectivity index (χ2v) is 7.52. The monoisotopic (exact) mass is 489 g/mol. The molecular formula is C22H14Cl3N3O4. The SMILES string of the molecule is O=C(N/N=C\c1ccc(OC(=O)c2ccc(Cl)cc2Cl)cc1)C(=O)Nc1ccc(Cl)cc1. The van der Waals surface area contributed by atoms with Gasteiger partial charge in [-0.2, -0.15) is 5.10 Å². The molecule has 0 spiro atoms. The number of rotatable bonds is 5. The highest BCUT2D eigenvalue weighted by Gasteiger charge is 2.14. The van der Waals surface area contributed by atoms with E-state index in [2.05, 4.69) is 15.8 Å². The predicted octanol–water partition coefficient (Wildman–Crippen LogP) is 4.95. The number of carbonyl (C=O) groups excluding carboxylic acids is 3. The number of hydrazone groups is 1. The Morgan fingerprint density at radius 1 is 0.812 bits per heavy atom. The minimum atomic E-state index is -0.943. The molecule has 10 heteroatoms. The number of hydrogen-bond donors (Lipinski definition) is 2. The van der Waals surface area contributed by atoms with Gasteiger partial charge in [0, 0.05) is 15.7 Å². The maximum atomic E-state index is 12.2. The van der Waals surface area contributed by atoms with E-state index in [4.69, 9.17) is 39.5 Å². The summed E-state index contributed by atoms with van der Waals surface area (Å²) in [6, 6.07) is 17.0. The Balaban J connectivity index is 1.52. The average Bonchev–Trinajstić information content (AvgIpc) is 2.76. The van der Waals surface area contributed by atoms with Crippen LogP contribution in [0.15, 0.2) is 71.8 Å². The first-order chi connectivity index (χ1) is 15.3. The maximum Gasteiger partial charge on any atom is 0.345 e. The first-order valence-electron chi connectivity index (χ1n) is 8.99. The van der Waals surface area contributed by atoms with Gasteiger partial charge in [-0.1, -0.05) is 34.8 Å². The molecular weight excluding hydrogens is 477 g/mol. The topological polar surface area (TPSA) is 96.9 Å². The number of amides is 2. The molecule has 0 heterocycles. The highest BCUT2D eigenvalue weighted by molar-refractivity contribution is 6.39. The van der Waals surface area contributed by atoms with E-state index in [1.165, 1.54) is 36.5 Å². The summed E-state index contributed by atoms with van der Waals surface area (Å²) in [5.41, 5.74) is 3.32. The van der Waals surface area contributed by atoms with Crippen molar-refractivity contribution < 1.29 is 19.1 Å². The van der Waals surface area contributed by atoms with Crippen molar-refractivity contribution in [3.8, 4) is 5.75 Å². The predicted molar refractivity (Wildman–Crippen MR) is 124 cm³/mol. The molecule has 0 saturated carbocycles. The van der Waals surface area contributed by atoms with Crippen LogP contribution < -0.4 is 15.5 Å². The molecule has 0 bridgehead atoms. The zero-order chi connectivity index (χ0) is 23.1. The van der Waals surface area contributed by atoms with Crippen LogP contribution in [0.2, 0.25) is 15.1 Å². The van der Waals surface area contributed by atoms with E-state index in [1.807, 2.05) is 0 Å². The maximum absolute atomic E-state index is 12.2. The molecule has 32 heavy (non-hydrogen) atoms. The molecule has 0 saturated heterocycles. The number of ether oxygens (including phenoxy) is 1. The molecule has 3 aromatic carbocycles. The fraction of sp³-hybridized carbons (Fsp3) is 0. The van der Waals surface area contributed by atoms with Crippen LogP contribution in [0.4, 0.5) is 5.69 Å². The van der Waals surface area contributed by atoms with Crippen LogP contribution in [-0.4, -0.2) is 24.0 Å². The number of nitrogens with one attached hydrogen (secondary N) is 2. The van der Waals surface area contributed by atoms with Gasteiger partial charge in [0.05, 0.1) is 16.8 Å². The van der Waals surface area contributed by atoms with Gasteiger partial charge in [-0.05, 0) is 72.3 Å². The summed E-state index contributed by atoms with van der Waals surface area (Å²) in [4.78, 5) is 35.9. The molecule has 0 aromatic heterocycles. The lowest BCUT2D eigenvalue weighted by Crippen LogP contribution is -2.32. The van der Waals surface area contributed by atoms with Crippen molar-refractivity contribution >= 4 is 64.5 Å². The smallest absolute Gasteiger partial charge is 0.345 e. The third-order valence-corrected chi connectivity index (χ3v) is 4.73. The van der Waals surface area contributed by atoms with Gasteiger partial charge in [0.15, 0.2) is 0 Å². The Kier molecular flexibility index (Phi) is 7.83. The van der Waals surface area contributed by atoms with Crippen molar-refractivity contribution in [2.45, 2.75) is 0 Å². The number of esters is 1. The van der Waals surface area contributed by atoms with Gasteiger partial charge in [-0.15, -0.1) is 0 Å². The van der Waals surface area contributed by atoms with Crippen molar-refractivity contribution in [2.24, 2.45) is 5.10 Å². The van der Waals surface area contributed by atoms with Crippen LogP contribution in [-0.2, 0) is 9.59 Å².